The fourth-order valence-corrected chi connectivity index (χ4v) is 4.39. The third-order valence-corrected chi connectivity index (χ3v) is 6.84. The summed E-state index contributed by atoms with van der Waals surface area (Å²) >= 11 is 5.89. The smallest absolute Gasteiger partial charge is 0.264 e. The number of benzene rings is 2. The predicted octanol–water partition coefficient (Wildman–Crippen LogP) is 3.46. The first-order valence-corrected chi connectivity index (χ1v) is 10.9. The maximum Gasteiger partial charge on any atom is 0.264 e. The number of rotatable bonds is 5. The van der Waals surface area contributed by atoms with E-state index in [0.29, 0.717) is 16.5 Å². The molecule has 2 atom stereocenters. The van der Waals surface area contributed by atoms with Crippen molar-refractivity contribution in [3.05, 3.63) is 53.6 Å². The van der Waals surface area contributed by atoms with Gasteiger partial charge in [-0.1, -0.05) is 37.6 Å². The van der Waals surface area contributed by atoms with Gasteiger partial charge < -0.3 is 10.1 Å². The number of carbonyl (C=O) groups is 1. The summed E-state index contributed by atoms with van der Waals surface area (Å²) in [4.78, 5) is 12.8. The molecule has 1 aliphatic heterocycles. The van der Waals surface area contributed by atoms with Crippen LogP contribution in [-0.4, -0.2) is 33.0 Å². The molecule has 0 unspecified atom stereocenters. The van der Waals surface area contributed by atoms with Crippen LogP contribution in [0.25, 0.3) is 0 Å². The lowest BCUT2D eigenvalue weighted by atomic mass is 10.1. The third-order valence-electron chi connectivity index (χ3n) is 4.80. The Morgan fingerprint density at radius 1 is 1.14 bits per heavy atom. The second kappa shape index (κ2) is 8.01. The van der Waals surface area contributed by atoms with Gasteiger partial charge in [0.05, 0.1) is 17.1 Å². The summed E-state index contributed by atoms with van der Waals surface area (Å²) in [6, 6.07) is 12.7. The number of ether oxygens (including phenoxy) is 1. The molecule has 2 aromatic carbocycles. The molecule has 0 aromatic heterocycles. The summed E-state index contributed by atoms with van der Waals surface area (Å²) in [5.74, 6) is 0.254. The van der Waals surface area contributed by atoms with Crippen LogP contribution in [0.15, 0.2) is 53.4 Å². The number of fused-ring (bicyclic) bond motifs is 1. The Bertz CT molecular complexity index is 960. The van der Waals surface area contributed by atoms with E-state index in [1.165, 1.54) is 28.6 Å². The third kappa shape index (κ3) is 4.10. The minimum atomic E-state index is -3.89. The summed E-state index contributed by atoms with van der Waals surface area (Å²) in [6.07, 6.45) is -0.946. The van der Waals surface area contributed by atoms with Crippen LogP contribution in [0, 0.1) is 5.92 Å². The van der Waals surface area contributed by atoms with Crippen LogP contribution in [-0.2, 0) is 14.8 Å². The number of amides is 1. The molecule has 0 spiro atoms. The lowest BCUT2D eigenvalue weighted by Gasteiger charge is -2.35. The van der Waals surface area contributed by atoms with E-state index in [1.54, 1.807) is 24.3 Å². The molecule has 1 heterocycles. The molecule has 0 bridgehead atoms. The Kier molecular flexibility index (Phi) is 5.86. The summed E-state index contributed by atoms with van der Waals surface area (Å²) in [5.41, 5.74) is 0.401. The lowest BCUT2D eigenvalue weighted by molar-refractivity contribution is -0.128. The molecule has 0 saturated heterocycles. The number of anilines is 1. The Morgan fingerprint density at radius 2 is 1.79 bits per heavy atom. The first-order chi connectivity index (χ1) is 13.2. The second-order valence-corrected chi connectivity index (χ2v) is 9.40. The number of para-hydroxylation sites is 2. The Hall–Kier alpha value is -2.25. The molecule has 1 amide bonds. The van der Waals surface area contributed by atoms with Gasteiger partial charge in [0.25, 0.3) is 15.9 Å². The molecule has 8 heteroatoms. The zero-order valence-corrected chi connectivity index (χ0v) is 17.5. The van der Waals surface area contributed by atoms with Crippen LogP contribution >= 0.6 is 11.6 Å². The minimum absolute atomic E-state index is 0.0606. The van der Waals surface area contributed by atoms with E-state index in [1.807, 2.05) is 20.8 Å². The van der Waals surface area contributed by atoms with E-state index < -0.39 is 16.1 Å². The number of carbonyl (C=O) groups excluding carboxylic acids is 1. The number of nitrogens with one attached hydrogen (secondary N) is 1. The van der Waals surface area contributed by atoms with Crippen LogP contribution in [0.5, 0.6) is 5.75 Å². The normalized spacial score (nSPS) is 17.6. The molecule has 1 N–H and O–H groups in total. The van der Waals surface area contributed by atoms with Crippen LogP contribution in [0.1, 0.15) is 20.8 Å². The van der Waals surface area contributed by atoms with E-state index >= 15 is 0 Å². The zero-order valence-electron chi connectivity index (χ0n) is 15.9. The van der Waals surface area contributed by atoms with Crippen molar-refractivity contribution in [3.8, 4) is 5.75 Å². The summed E-state index contributed by atoms with van der Waals surface area (Å²) in [7, 11) is -3.89. The van der Waals surface area contributed by atoms with E-state index in [4.69, 9.17) is 16.3 Å². The van der Waals surface area contributed by atoms with Gasteiger partial charge in [-0.05, 0) is 49.2 Å². The van der Waals surface area contributed by atoms with Crippen molar-refractivity contribution in [2.45, 2.75) is 37.8 Å². The molecule has 3 rings (SSSR count). The largest absolute Gasteiger partial charge is 0.476 e. The lowest BCUT2D eigenvalue weighted by Crippen LogP contribution is -2.52. The van der Waals surface area contributed by atoms with Crippen LogP contribution in [0.4, 0.5) is 5.69 Å². The molecule has 0 radical (unpaired) electrons. The number of halogens is 1. The van der Waals surface area contributed by atoms with Gasteiger partial charge in [-0.25, -0.2) is 8.42 Å². The first-order valence-electron chi connectivity index (χ1n) is 9.04. The van der Waals surface area contributed by atoms with Crippen molar-refractivity contribution in [1.29, 1.82) is 0 Å². The maximum absolute atomic E-state index is 13.3. The summed E-state index contributed by atoms with van der Waals surface area (Å²) < 4.78 is 33.5. The minimum Gasteiger partial charge on any atom is -0.476 e. The van der Waals surface area contributed by atoms with Crippen LogP contribution < -0.4 is 14.4 Å². The number of hydrogen-bond acceptors (Lipinski definition) is 4. The highest BCUT2D eigenvalue weighted by Gasteiger charge is 2.37. The van der Waals surface area contributed by atoms with Crippen molar-refractivity contribution in [2.75, 3.05) is 10.8 Å². The molecule has 0 aliphatic carbocycles. The highest BCUT2D eigenvalue weighted by atomic mass is 35.5. The SMILES string of the molecule is CC(C)[C@H](C)NC(=O)[C@@H]1CN(S(=O)(=O)c2ccc(Cl)cc2)c2ccccc2O1. The van der Waals surface area contributed by atoms with Gasteiger partial charge in [-0.2, -0.15) is 0 Å². The Labute approximate surface area is 170 Å². The van der Waals surface area contributed by atoms with Gasteiger partial charge in [0.15, 0.2) is 6.10 Å². The van der Waals surface area contributed by atoms with E-state index in [2.05, 4.69) is 5.32 Å². The monoisotopic (exact) mass is 422 g/mol. The van der Waals surface area contributed by atoms with Crippen LogP contribution in [0.3, 0.4) is 0 Å². The van der Waals surface area contributed by atoms with Crippen molar-refractivity contribution in [2.24, 2.45) is 5.92 Å². The topological polar surface area (TPSA) is 75.7 Å². The predicted molar refractivity (Wildman–Crippen MR) is 109 cm³/mol. The maximum atomic E-state index is 13.3. The molecular weight excluding hydrogens is 400 g/mol. The Morgan fingerprint density at radius 3 is 2.43 bits per heavy atom. The molecule has 1 aliphatic rings. The molecule has 150 valence electrons. The van der Waals surface area contributed by atoms with Gasteiger partial charge in [0.2, 0.25) is 0 Å². The molecule has 0 saturated carbocycles. The van der Waals surface area contributed by atoms with Gasteiger partial charge in [-0.15, -0.1) is 0 Å². The van der Waals surface area contributed by atoms with Crippen molar-refractivity contribution in [1.82, 2.24) is 5.32 Å². The zero-order chi connectivity index (χ0) is 20.5. The number of hydrogen-bond donors (Lipinski definition) is 1. The van der Waals surface area contributed by atoms with Crippen molar-refractivity contribution in [3.63, 3.8) is 0 Å². The van der Waals surface area contributed by atoms with Crippen molar-refractivity contribution >= 4 is 33.2 Å². The number of sulfonamides is 1. The second-order valence-electron chi connectivity index (χ2n) is 7.11. The highest BCUT2D eigenvalue weighted by molar-refractivity contribution is 7.92. The average molecular weight is 423 g/mol. The first kappa shape index (κ1) is 20.5. The van der Waals surface area contributed by atoms with Gasteiger partial charge in [-0.3, -0.25) is 9.10 Å². The molecule has 6 nitrogen and oxygen atoms in total. The van der Waals surface area contributed by atoms with Crippen molar-refractivity contribution < 1.29 is 17.9 Å². The quantitative estimate of drug-likeness (QED) is 0.800. The molecular formula is C20H23ClN2O4S. The summed E-state index contributed by atoms with van der Waals surface area (Å²) in [5, 5.41) is 3.34. The van der Waals surface area contributed by atoms with E-state index in [-0.39, 0.29) is 29.3 Å². The van der Waals surface area contributed by atoms with Crippen LogP contribution in [0.2, 0.25) is 5.02 Å². The standard InChI is InChI=1S/C20H23ClN2O4S/c1-13(2)14(3)22-20(24)19-12-23(17-6-4-5-7-18(17)27-19)28(25,26)16-10-8-15(21)9-11-16/h4-11,13-14,19H,12H2,1-3H3,(H,22,24)/t14-,19-/m0/s1. The highest BCUT2D eigenvalue weighted by Crippen LogP contribution is 2.37. The molecule has 28 heavy (non-hydrogen) atoms. The van der Waals surface area contributed by atoms with Gasteiger partial charge in [0.1, 0.15) is 5.75 Å². The number of nitrogens with zero attached hydrogens (tertiary/aromatic N) is 1. The average Bonchev–Trinajstić information content (AvgIpc) is 2.67. The Balaban J connectivity index is 1.96. The molecule has 0 fully saturated rings. The molecule has 2 aromatic rings. The fourth-order valence-electron chi connectivity index (χ4n) is 2.78. The summed E-state index contributed by atoms with van der Waals surface area (Å²) in [6.45, 7) is 5.79. The van der Waals surface area contributed by atoms with E-state index in [0.717, 1.165) is 0 Å². The van der Waals surface area contributed by atoms with E-state index in [9.17, 15) is 13.2 Å². The van der Waals surface area contributed by atoms with Gasteiger partial charge in [0, 0.05) is 11.1 Å². The van der Waals surface area contributed by atoms with Gasteiger partial charge >= 0.3 is 0 Å². The fraction of sp³-hybridized carbons (Fsp3) is 0.350.